The average molecular weight is 420 g/mol. The number of halogens is 2. The molecule has 1 aromatic carbocycles. The summed E-state index contributed by atoms with van der Waals surface area (Å²) >= 11 is 0. The SMILES string of the molecule is Cc1cn2cc(-c3cc(F)c4c(=O)n(C5CCNC6(CC6)C5)ccc4c3)cc(F)c2n1. The monoisotopic (exact) mass is 420 g/mol. The number of hydrogen-bond donors (Lipinski definition) is 1. The summed E-state index contributed by atoms with van der Waals surface area (Å²) in [4.78, 5) is 17.4. The fourth-order valence-corrected chi connectivity index (χ4v) is 5.03. The Balaban J connectivity index is 1.45. The molecule has 158 valence electrons. The van der Waals surface area contributed by atoms with Gasteiger partial charge in [0.05, 0.1) is 11.1 Å². The average Bonchev–Trinajstić information content (AvgIpc) is 3.35. The summed E-state index contributed by atoms with van der Waals surface area (Å²) in [5, 5.41) is 4.17. The van der Waals surface area contributed by atoms with E-state index in [9.17, 15) is 9.18 Å². The first-order valence-electron chi connectivity index (χ1n) is 10.7. The van der Waals surface area contributed by atoms with Crippen molar-refractivity contribution in [3.05, 3.63) is 70.5 Å². The maximum Gasteiger partial charge on any atom is 0.261 e. The highest BCUT2D eigenvalue weighted by molar-refractivity contribution is 5.87. The molecular weight excluding hydrogens is 398 g/mol. The Kier molecular flexibility index (Phi) is 3.90. The maximum absolute atomic E-state index is 15.2. The van der Waals surface area contributed by atoms with E-state index in [1.54, 1.807) is 46.6 Å². The highest BCUT2D eigenvalue weighted by Gasteiger charge is 2.46. The summed E-state index contributed by atoms with van der Waals surface area (Å²) in [7, 11) is 0. The smallest absolute Gasteiger partial charge is 0.261 e. The summed E-state index contributed by atoms with van der Waals surface area (Å²) in [6.45, 7) is 2.67. The number of fused-ring (bicyclic) bond motifs is 2. The number of imidazole rings is 1. The number of pyridine rings is 2. The van der Waals surface area contributed by atoms with Gasteiger partial charge >= 0.3 is 0 Å². The van der Waals surface area contributed by atoms with Crippen molar-refractivity contribution in [1.82, 2.24) is 19.3 Å². The van der Waals surface area contributed by atoms with E-state index < -0.39 is 11.6 Å². The number of nitrogens with one attached hydrogen (secondary N) is 1. The fraction of sp³-hybridized carbons (Fsp3) is 0.333. The van der Waals surface area contributed by atoms with Crippen LogP contribution in [0, 0.1) is 18.6 Å². The zero-order valence-electron chi connectivity index (χ0n) is 17.2. The molecular formula is C24H22F2N4O. The van der Waals surface area contributed by atoms with E-state index in [-0.39, 0.29) is 28.2 Å². The van der Waals surface area contributed by atoms with Gasteiger partial charge in [-0.15, -0.1) is 0 Å². The second-order valence-corrected chi connectivity index (χ2v) is 8.99. The molecule has 1 aliphatic carbocycles. The van der Waals surface area contributed by atoms with Gasteiger partial charge < -0.3 is 14.3 Å². The van der Waals surface area contributed by atoms with Crippen LogP contribution in [0.4, 0.5) is 8.78 Å². The van der Waals surface area contributed by atoms with Gasteiger partial charge in [0.15, 0.2) is 11.5 Å². The molecule has 3 aromatic heterocycles. The lowest BCUT2D eigenvalue weighted by atomic mass is 9.96. The molecule has 6 rings (SSSR count). The van der Waals surface area contributed by atoms with E-state index in [1.807, 2.05) is 0 Å². The standard InChI is InChI=1S/C24H22F2N4O/c1-14-12-29-13-17(10-20(26)22(29)28-14)16-8-15-3-7-30(23(31)21(15)19(25)9-16)18-2-6-27-24(11-18)4-5-24/h3,7-10,12-13,18,27H,2,4-6,11H2,1H3. The van der Waals surface area contributed by atoms with E-state index in [0.717, 1.165) is 32.2 Å². The van der Waals surface area contributed by atoms with Gasteiger partial charge in [0, 0.05) is 35.7 Å². The van der Waals surface area contributed by atoms with E-state index >= 15 is 4.39 Å². The van der Waals surface area contributed by atoms with Crippen molar-refractivity contribution in [2.75, 3.05) is 6.54 Å². The molecule has 7 heteroatoms. The molecule has 0 amide bonds. The van der Waals surface area contributed by atoms with Crippen molar-refractivity contribution >= 4 is 16.4 Å². The van der Waals surface area contributed by atoms with Gasteiger partial charge in [-0.3, -0.25) is 4.79 Å². The van der Waals surface area contributed by atoms with E-state index in [2.05, 4.69) is 10.3 Å². The third-order valence-corrected chi connectivity index (χ3v) is 6.79. The highest BCUT2D eigenvalue weighted by Crippen LogP contribution is 2.45. The zero-order valence-corrected chi connectivity index (χ0v) is 17.2. The minimum absolute atomic E-state index is 0.0840. The Bertz CT molecular complexity index is 1420. The van der Waals surface area contributed by atoms with Crippen LogP contribution < -0.4 is 10.9 Å². The van der Waals surface area contributed by atoms with Crippen molar-refractivity contribution in [2.24, 2.45) is 0 Å². The molecule has 1 atom stereocenters. The molecule has 4 heterocycles. The molecule has 1 unspecified atom stereocenters. The first-order valence-corrected chi connectivity index (χ1v) is 10.7. The molecule has 0 radical (unpaired) electrons. The number of rotatable bonds is 2. The van der Waals surface area contributed by atoms with Crippen LogP contribution in [0.3, 0.4) is 0 Å². The van der Waals surface area contributed by atoms with Gasteiger partial charge in [0.25, 0.3) is 5.56 Å². The maximum atomic E-state index is 15.2. The van der Waals surface area contributed by atoms with Crippen molar-refractivity contribution < 1.29 is 8.78 Å². The Morgan fingerprint density at radius 2 is 1.94 bits per heavy atom. The summed E-state index contributed by atoms with van der Waals surface area (Å²) < 4.78 is 33.0. The van der Waals surface area contributed by atoms with Crippen LogP contribution >= 0.6 is 0 Å². The Hall–Kier alpha value is -3.06. The number of aromatic nitrogens is 3. The van der Waals surface area contributed by atoms with Crippen molar-refractivity contribution in [1.29, 1.82) is 0 Å². The lowest BCUT2D eigenvalue weighted by molar-refractivity contribution is 0.282. The van der Waals surface area contributed by atoms with E-state index in [1.165, 1.54) is 12.1 Å². The van der Waals surface area contributed by atoms with Gasteiger partial charge in [-0.2, -0.15) is 0 Å². The van der Waals surface area contributed by atoms with E-state index in [0.29, 0.717) is 22.2 Å². The zero-order chi connectivity index (χ0) is 21.3. The lowest BCUT2D eigenvalue weighted by Gasteiger charge is -2.31. The van der Waals surface area contributed by atoms with Crippen LogP contribution in [0.25, 0.3) is 27.5 Å². The molecule has 1 N–H and O–H groups in total. The second kappa shape index (κ2) is 6.47. The molecule has 1 saturated carbocycles. The third-order valence-electron chi connectivity index (χ3n) is 6.79. The molecule has 31 heavy (non-hydrogen) atoms. The second-order valence-electron chi connectivity index (χ2n) is 8.99. The third kappa shape index (κ3) is 2.98. The van der Waals surface area contributed by atoms with Crippen LogP contribution in [0.5, 0.6) is 0 Å². The van der Waals surface area contributed by atoms with Crippen molar-refractivity contribution in [2.45, 2.75) is 44.2 Å². The van der Waals surface area contributed by atoms with Gasteiger partial charge in [-0.25, -0.2) is 13.8 Å². The minimum Gasteiger partial charge on any atom is -0.312 e. The Labute approximate surface area is 177 Å². The predicted molar refractivity (Wildman–Crippen MR) is 115 cm³/mol. The summed E-state index contributed by atoms with van der Waals surface area (Å²) in [5.41, 5.74) is 1.87. The first-order chi connectivity index (χ1) is 14.9. The van der Waals surface area contributed by atoms with Crippen molar-refractivity contribution in [3.63, 3.8) is 0 Å². The number of hydrogen-bond acceptors (Lipinski definition) is 3. The normalized spacial score (nSPS) is 20.0. The predicted octanol–water partition coefficient (Wildman–Crippen LogP) is 4.36. The van der Waals surface area contributed by atoms with Gasteiger partial charge in [-0.05, 0) is 74.4 Å². The molecule has 1 aliphatic heterocycles. The van der Waals surface area contributed by atoms with Crippen LogP contribution in [-0.2, 0) is 0 Å². The van der Waals surface area contributed by atoms with Crippen LogP contribution in [0.2, 0.25) is 0 Å². The van der Waals surface area contributed by atoms with Crippen LogP contribution in [-0.4, -0.2) is 26.0 Å². The van der Waals surface area contributed by atoms with Crippen LogP contribution in [0.15, 0.2) is 47.7 Å². The number of benzene rings is 1. The summed E-state index contributed by atoms with van der Waals surface area (Å²) in [5.74, 6) is -1.05. The van der Waals surface area contributed by atoms with Gasteiger partial charge in [0.2, 0.25) is 0 Å². The summed E-state index contributed by atoms with van der Waals surface area (Å²) in [6.07, 6.45) is 9.27. The molecule has 2 fully saturated rings. The van der Waals surface area contributed by atoms with Gasteiger partial charge in [0.1, 0.15) is 5.82 Å². The molecule has 4 aromatic rings. The Morgan fingerprint density at radius 3 is 2.74 bits per heavy atom. The molecule has 1 saturated heterocycles. The molecule has 1 spiro atoms. The molecule has 0 bridgehead atoms. The number of nitrogens with zero attached hydrogens (tertiary/aromatic N) is 3. The largest absolute Gasteiger partial charge is 0.312 e. The quantitative estimate of drug-likeness (QED) is 0.524. The highest BCUT2D eigenvalue weighted by atomic mass is 19.1. The number of piperidine rings is 1. The topological polar surface area (TPSA) is 51.3 Å². The van der Waals surface area contributed by atoms with E-state index in [4.69, 9.17) is 0 Å². The fourth-order valence-electron chi connectivity index (χ4n) is 5.03. The first kappa shape index (κ1) is 18.7. The lowest BCUT2D eigenvalue weighted by Crippen LogP contribution is -2.42. The summed E-state index contributed by atoms with van der Waals surface area (Å²) in [6, 6.07) is 6.30. The molecule has 5 nitrogen and oxygen atoms in total. The van der Waals surface area contributed by atoms with Crippen molar-refractivity contribution in [3.8, 4) is 11.1 Å². The number of aryl methyl sites for hydroxylation is 1. The molecule has 2 aliphatic rings. The minimum atomic E-state index is -0.579. The van der Waals surface area contributed by atoms with Gasteiger partial charge in [-0.1, -0.05) is 0 Å². The Morgan fingerprint density at radius 1 is 1.13 bits per heavy atom. The van der Waals surface area contributed by atoms with Crippen LogP contribution in [0.1, 0.15) is 37.4 Å².